The summed E-state index contributed by atoms with van der Waals surface area (Å²) in [6, 6.07) is 0. The molecule has 0 spiro atoms. The van der Waals surface area contributed by atoms with E-state index in [0.29, 0.717) is 6.54 Å². The molecule has 0 aromatic rings. The summed E-state index contributed by atoms with van der Waals surface area (Å²) in [7, 11) is 0. The van der Waals surface area contributed by atoms with Gasteiger partial charge in [-0.05, 0) is 44.9 Å². The minimum absolute atomic E-state index is 0.147. The molecule has 3 heteroatoms. The number of β-amino-alcohol motifs (C(OH)–C–C–N with tert-alkyl or cyclic N) is 1. The Bertz CT molecular complexity index is 208. The predicted octanol–water partition coefficient (Wildman–Crippen LogP) is 1.68. The van der Waals surface area contributed by atoms with Gasteiger partial charge in [-0.2, -0.15) is 0 Å². The van der Waals surface area contributed by atoms with Crippen molar-refractivity contribution in [3.63, 3.8) is 0 Å². The Hall–Kier alpha value is -0.120. The molecule has 1 aliphatic carbocycles. The molecule has 1 atom stereocenters. The second-order valence-electron chi connectivity index (χ2n) is 5.83. The van der Waals surface area contributed by atoms with Crippen LogP contribution in [0.5, 0.6) is 0 Å². The lowest BCUT2D eigenvalue weighted by Crippen LogP contribution is -2.55. The normalized spacial score (nSPS) is 34.7. The van der Waals surface area contributed by atoms with Gasteiger partial charge in [0, 0.05) is 12.1 Å². The van der Waals surface area contributed by atoms with Crippen molar-refractivity contribution in [1.29, 1.82) is 0 Å². The SMILES string of the molecule is CCC(C)(O)CNC1(CO)CCC(C)CC1. The van der Waals surface area contributed by atoms with E-state index in [0.717, 1.165) is 25.2 Å². The summed E-state index contributed by atoms with van der Waals surface area (Å²) in [5.41, 5.74) is -0.809. The largest absolute Gasteiger partial charge is 0.394 e. The Kier molecular flexibility index (Phi) is 4.77. The summed E-state index contributed by atoms with van der Waals surface area (Å²) in [6.45, 7) is 6.84. The summed E-state index contributed by atoms with van der Waals surface area (Å²) in [6.07, 6.45) is 5.11. The minimum atomic E-state index is -0.661. The van der Waals surface area contributed by atoms with Gasteiger partial charge >= 0.3 is 0 Å². The molecule has 1 saturated carbocycles. The van der Waals surface area contributed by atoms with Gasteiger partial charge in [0.2, 0.25) is 0 Å². The number of nitrogens with one attached hydrogen (secondary N) is 1. The third-order valence-electron chi connectivity index (χ3n) is 4.14. The molecular formula is C13H27NO2. The van der Waals surface area contributed by atoms with Gasteiger partial charge in [-0.1, -0.05) is 13.8 Å². The molecule has 1 rings (SSSR count). The molecule has 0 heterocycles. The highest BCUT2D eigenvalue weighted by atomic mass is 16.3. The smallest absolute Gasteiger partial charge is 0.0741 e. The van der Waals surface area contributed by atoms with Crippen molar-refractivity contribution in [2.45, 2.75) is 64.0 Å². The number of hydrogen-bond donors (Lipinski definition) is 3. The van der Waals surface area contributed by atoms with Crippen molar-refractivity contribution in [2.75, 3.05) is 13.2 Å². The maximum absolute atomic E-state index is 9.97. The molecule has 1 aliphatic rings. The van der Waals surface area contributed by atoms with Gasteiger partial charge in [0.05, 0.1) is 12.2 Å². The van der Waals surface area contributed by atoms with Crippen LogP contribution in [0.3, 0.4) is 0 Å². The van der Waals surface area contributed by atoms with Gasteiger partial charge in [-0.15, -0.1) is 0 Å². The van der Waals surface area contributed by atoms with Crippen LogP contribution in [0.2, 0.25) is 0 Å². The van der Waals surface area contributed by atoms with E-state index in [1.807, 2.05) is 13.8 Å². The van der Waals surface area contributed by atoms with E-state index in [2.05, 4.69) is 12.2 Å². The molecule has 3 N–H and O–H groups in total. The van der Waals surface area contributed by atoms with Crippen molar-refractivity contribution in [2.24, 2.45) is 5.92 Å². The van der Waals surface area contributed by atoms with Crippen LogP contribution in [0.1, 0.15) is 52.9 Å². The quantitative estimate of drug-likeness (QED) is 0.672. The van der Waals surface area contributed by atoms with Crippen molar-refractivity contribution in [3.05, 3.63) is 0 Å². The lowest BCUT2D eigenvalue weighted by atomic mass is 9.77. The van der Waals surface area contributed by atoms with Gasteiger partial charge in [-0.25, -0.2) is 0 Å². The molecule has 1 fully saturated rings. The first-order valence-electron chi connectivity index (χ1n) is 6.51. The summed E-state index contributed by atoms with van der Waals surface area (Å²) >= 11 is 0. The molecule has 0 bridgehead atoms. The van der Waals surface area contributed by atoms with Crippen LogP contribution in [-0.4, -0.2) is 34.5 Å². The Morgan fingerprint density at radius 1 is 1.38 bits per heavy atom. The summed E-state index contributed by atoms with van der Waals surface area (Å²) in [5, 5.41) is 22.9. The number of rotatable bonds is 5. The third kappa shape index (κ3) is 3.72. The highest BCUT2D eigenvalue weighted by Crippen LogP contribution is 2.31. The number of aliphatic hydroxyl groups is 2. The Labute approximate surface area is 99.3 Å². The molecular weight excluding hydrogens is 202 g/mol. The topological polar surface area (TPSA) is 52.5 Å². The molecule has 16 heavy (non-hydrogen) atoms. The fraction of sp³-hybridized carbons (Fsp3) is 1.00. The maximum Gasteiger partial charge on any atom is 0.0741 e. The molecule has 0 aromatic heterocycles. The van der Waals surface area contributed by atoms with Crippen LogP contribution >= 0.6 is 0 Å². The Balaban J connectivity index is 2.48. The molecule has 0 amide bonds. The number of hydrogen-bond acceptors (Lipinski definition) is 3. The number of aliphatic hydroxyl groups excluding tert-OH is 1. The van der Waals surface area contributed by atoms with Crippen molar-refractivity contribution in [1.82, 2.24) is 5.32 Å². The van der Waals surface area contributed by atoms with Gasteiger partial charge in [0.15, 0.2) is 0 Å². The van der Waals surface area contributed by atoms with Crippen LogP contribution < -0.4 is 5.32 Å². The van der Waals surface area contributed by atoms with E-state index in [-0.39, 0.29) is 12.1 Å². The second kappa shape index (κ2) is 5.48. The van der Waals surface area contributed by atoms with Gasteiger partial charge in [0.25, 0.3) is 0 Å². The fourth-order valence-electron chi connectivity index (χ4n) is 2.21. The zero-order valence-electron chi connectivity index (χ0n) is 10.9. The van der Waals surface area contributed by atoms with Gasteiger partial charge in [0.1, 0.15) is 0 Å². The average molecular weight is 229 g/mol. The highest BCUT2D eigenvalue weighted by molar-refractivity contribution is 4.93. The molecule has 0 radical (unpaired) electrons. The average Bonchev–Trinajstić information content (AvgIpc) is 2.29. The summed E-state index contributed by atoms with van der Waals surface area (Å²) < 4.78 is 0. The van der Waals surface area contributed by atoms with Crippen LogP contribution in [0.15, 0.2) is 0 Å². The first-order valence-corrected chi connectivity index (χ1v) is 6.51. The summed E-state index contributed by atoms with van der Waals surface area (Å²) in [4.78, 5) is 0. The zero-order valence-corrected chi connectivity index (χ0v) is 10.9. The van der Waals surface area contributed by atoms with Crippen LogP contribution in [0.25, 0.3) is 0 Å². The molecule has 0 saturated heterocycles. The van der Waals surface area contributed by atoms with Crippen molar-refractivity contribution in [3.8, 4) is 0 Å². The summed E-state index contributed by atoms with van der Waals surface area (Å²) in [5.74, 6) is 0.771. The van der Waals surface area contributed by atoms with Gasteiger partial charge < -0.3 is 15.5 Å². The van der Waals surface area contributed by atoms with E-state index >= 15 is 0 Å². The van der Waals surface area contributed by atoms with Crippen LogP contribution in [0, 0.1) is 5.92 Å². The zero-order chi connectivity index (χ0) is 12.2. The van der Waals surface area contributed by atoms with E-state index in [9.17, 15) is 10.2 Å². The third-order valence-corrected chi connectivity index (χ3v) is 4.14. The first-order chi connectivity index (χ1) is 7.43. The van der Waals surface area contributed by atoms with E-state index in [1.54, 1.807) is 0 Å². The Morgan fingerprint density at radius 2 is 1.94 bits per heavy atom. The molecule has 1 unspecified atom stereocenters. The lowest BCUT2D eigenvalue weighted by molar-refractivity contribution is 0.0280. The lowest BCUT2D eigenvalue weighted by Gasteiger charge is -2.40. The predicted molar refractivity (Wildman–Crippen MR) is 66.4 cm³/mol. The van der Waals surface area contributed by atoms with E-state index < -0.39 is 5.60 Å². The monoisotopic (exact) mass is 229 g/mol. The molecule has 0 aliphatic heterocycles. The van der Waals surface area contributed by atoms with E-state index in [1.165, 1.54) is 12.8 Å². The standard InChI is InChI=1S/C13H27NO2/c1-4-12(3,16)9-14-13(10-15)7-5-11(2)6-8-13/h11,14-16H,4-10H2,1-3H3. The minimum Gasteiger partial charge on any atom is -0.394 e. The fourth-order valence-corrected chi connectivity index (χ4v) is 2.21. The molecule has 0 aromatic carbocycles. The van der Waals surface area contributed by atoms with Gasteiger partial charge in [-0.3, -0.25) is 0 Å². The molecule has 96 valence electrons. The van der Waals surface area contributed by atoms with Crippen LogP contribution in [-0.2, 0) is 0 Å². The maximum atomic E-state index is 9.97. The van der Waals surface area contributed by atoms with Crippen molar-refractivity contribution >= 4 is 0 Å². The molecule has 3 nitrogen and oxygen atoms in total. The highest BCUT2D eigenvalue weighted by Gasteiger charge is 2.34. The second-order valence-corrected chi connectivity index (χ2v) is 5.83. The van der Waals surface area contributed by atoms with E-state index in [4.69, 9.17) is 0 Å². The first kappa shape index (κ1) is 13.9. The Morgan fingerprint density at radius 3 is 2.38 bits per heavy atom. The van der Waals surface area contributed by atoms with Crippen molar-refractivity contribution < 1.29 is 10.2 Å². The van der Waals surface area contributed by atoms with Crippen LogP contribution in [0.4, 0.5) is 0 Å².